The molecule has 0 radical (unpaired) electrons. The van der Waals surface area contributed by atoms with Crippen molar-refractivity contribution in [2.45, 2.75) is 65.3 Å². The summed E-state index contributed by atoms with van der Waals surface area (Å²) in [6, 6.07) is 3.20. The fraction of sp³-hybridized carbons (Fsp3) is 0.706. The first kappa shape index (κ1) is 14.5. The van der Waals surface area contributed by atoms with Crippen LogP contribution in [0.2, 0.25) is 0 Å². The summed E-state index contributed by atoms with van der Waals surface area (Å²) in [6.07, 6.45) is 10.1. The van der Waals surface area contributed by atoms with Crippen LogP contribution in [0.15, 0.2) is 12.3 Å². The molecule has 106 valence electrons. The normalized spacial score (nSPS) is 20.4. The van der Waals surface area contributed by atoms with Crippen molar-refractivity contribution in [1.82, 2.24) is 9.88 Å². The van der Waals surface area contributed by atoms with E-state index in [2.05, 4.69) is 22.9 Å². The van der Waals surface area contributed by atoms with Crippen LogP contribution in [0.3, 0.4) is 0 Å². The Hall–Kier alpha value is -0.890. The Labute approximate surface area is 118 Å². The lowest BCUT2D eigenvalue weighted by Gasteiger charge is -2.26. The lowest BCUT2D eigenvalue weighted by Crippen LogP contribution is -2.35. The van der Waals surface area contributed by atoms with Crippen LogP contribution in [0.5, 0.6) is 0 Å². The van der Waals surface area contributed by atoms with Gasteiger partial charge in [-0.15, -0.1) is 0 Å². The topological polar surface area (TPSA) is 16.1 Å². The summed E-state index contributed by atoms with van der Waals surface area (Å²) in [5, 5.41) is 0. The maximum absolute atomic E-state index is 4.61. The van der Waals surface area contributed by atoms with E-state index in [0.717, 1.165) is 12.5 Å². The highest BCUT2D eigenvalue weighted by atomic mass is 15.2. The Bertz CT molecular complexity index is 394. The van der Waals surface area contributed by atoms with Gasteiger partial charge in [-0.2, -0.15) is 0 Å². The zero-order valence-electron chi connectivity index (χ0n) is 12.8. The minimum atomic E-state index is 0.866. The molecule has 0 N–H and O–H groups in total. The largest absolute Gasteiger partial charge is 0.300 e. The molecular weight excluding hydrogens is 232 g/mol. The molecule has 1 aliphatic heterocycles. The quantitative estimate of drug-likeness (QED) is 0.764. The summed E-state index contributed by atoms with van der Waals surface area (Å²) in [5.41, 5.74) is 4.14. The average molecular weight is 260 g/mol. The molecule has 0 aromatic carbocycles. The third-order valence-corrected chi connectivity index (χ3v) is 4.34. The van der Waals surface area contributed by atoms with Crippen LogP contribution < -0.4 is 0 Å². The van der Waals surface area contributed by atoms with Crippen molar-refractivity contribution in [3.8, 4) is 0 Å². The van der Waals surface area contributed by atoms with Crippen molar-refractivity contribution in [1.29, 1.82) is 0 Å². The van der Waals surface area contributed by atoms with E-state index in [9.17, 15) is 0 Å². The molecule has 1 saturated carbocycles. The van der Waals surface area contributed by atoms with E-state index in [-0.39, 0.29) is 0 Å². The van der Waals surface area contributed by atoms with Gasteiger partial charge in [0.2, 0.25) is 0 Å². The highest BCUT2D eigenvalue weighted by Crippen LogP contribution is 2.25. The fourth-order valence-corrected chi connectivity index (χ4v) is 3.36. The smallest absolute Gasteiger partial charge is 0.0448 e. The van der Waals surface area contributed by atoms with Crippen LogP contribution in [-0.2, 0) is 12.8 Å². The predicted octanol–water partition coefficient (Wildman–Crippen LogP) is 3.76. The molecular formula is C17H28N2. The number of rotatable bonds is 1. The zero-order valence-corrected chi connectivity index (χ0v) is 12.8. The van der Waals surface area contributed by atoms with Crippen LogP contribution in [-0.4, -0.2) is 29.0 Å². The molecule has 19 heavy (non-hydrogen) atoms. The third-order valence-electron chi connectivity index (χ3n) is 4.34. The number of nitrogens with zero attached hydrogens (tertiary/aromatic N) is 2. The minimum Gasteiger partial charge on any atom is -0.300 e. The van der Waals surface area contributed by atoms with Crippen LogP contribution in [0.1, 0.15) is 56.4 Å². The van der Waals surface area contributed by atoms with Gasteiger partial charge in [-0.05, 0) is 37.3 Å². The maximum atomic E-state index is 4.61. The Morgan fingerprint density at radius 2 is 1.79 bits per heavy atom. The van der Waals surface area contributed by atoms with Gasteiger partial charge >= 0.3 is 0 Å². The lowest BCUT2D eigenvalue weighted by atomic mass is 10.1. The van der Waals surface area contributed by atoms with Gasteiger partial charge in [0, 0.05) is 37.4 Å². The molecule has 1 aromatic heterocycles. The standard InChI is InChI=1S/C15H22N2.C2H6/c1-12-10-13-6-8-17(14-4-2-3-5-14)9-7-15(13)16-11-12;1-2/h10-11,14H,2-9H2,1H3;1-2H3. The summed E-state index contributed by atoms with van der Waals surface area (Å²) in [5.74, 6) is 0. The summed E-state index contributed by atoms with van der Waals surface area (Å²) < 4.78 is 0. The van der Waals surface area contributed by atoms with Gasteiger partial charge in [0.1, 0.15) is 0 Å². The van der Waals surface area contributed by atoms with E-state index in [1.807, 2.05) is 20.0 Å². The monoisotopic (exact) mass is 260 g/mol. The van der Waals surface area contributed by atoms with E-state index in [1.54, 1.807) is 0 Å². The van der Waals surface area contributed by atoms with Crippen molar-refractivity contribution in [3.63, 3.8) is 0 Å². The van der Waals surface area contributed by atoms with E-state index in [0.29, 0.717) is 0 Å². The second-order valence-electron chi connectivity index (χ2n) is 5.59. The highest BCUT2D eigenvalue weighted by Gasteiger charge is 2.24. The molecule has 2 heterocycles. The molecule has 0 bridgehead atoms. The van der Waals surface area contributed by atoms with E-state index < -0.39 is 0 Å². The Kier molecular flexibility index (Phi) is 5.38. The molecule has 1 aromatic rings. The fourth-order valence-electron chi connectivity index (χ4n) is 3.36. The molecule has 0 atom stereocenters. The van der Waals surface area contributed by atoms with E-state index in [1.165, 1.54) is 62.0 Å². The highest BCUT2D eigenvalue weighted by molar-refractivity contribution is 5.26. The predicted molar refractivity (Wildman–Crippen MR) is 81.6 cm³/mol. The minimum absolute atomic E-state index is 0.866. The second-order valence-corrected chi connectivity index (χ2v) is 5.59. The Morgan fingerprint density at radius 3 is 2.53 bits per heavy atom. The zero-order chi connectivity index (χ0) is 13.7. The SMILES string of the molecule is CC.Cc1cnc2c(c1)CCN(C1CCCC1)CC2. The summed E-state index contributed by atoms with van der Waals surface area (Å²) in [4.78, 5) is 7.33. The number of fused-ring (bicyclic) bond motifs is 1. The first-order valence-corrected chi connectivity index (χ1v) is 8.01. The van der Waals surface area contributed by atoms with Gasteiger partial charge in [0.25, 0.3) is 0 Å². The molecule has 2 nitrogen and oxygen atoms in total. The number of hydrogen-bond acceptors (Lipinski definition) is 2. The van der Waals surface area contributed by atoms with Gasteiger partial charge in [-0.1, -0.05) is 32.8 Å². The van der Waals surface area contributed by atoms with Gasteiger partial charge in [0.15, 0.2) is 0 Å². The lowest BCUT2D eigenvalue weighted by molar-refractivity contribution is 0.208. The molecule has 2 aliphatic rings. The van der Waals surface area contributed by atoms with Gasteiger partial charge < -0.3 is 0 Å². The molecule has 1 aliphatic carbocycles. The Morgan fingerprint density at radius 1 is 1.11 bits per heavy atom. The van der Waals surface area contributed by atoms with E-state index >= 15 is 0 Å². The molecule has 3 rings (SSSR count). The third kappa shape index (κ3) is 3.56. The summed E-state index contributed by atoms with van der Waals surface area (Å²) in [6.45, 7) is 8.60. The molecule has 0 amide bonds. The molecule has 2 heteroatoms. The first-order chi connectivity index (χ1) is 9.33. The summed E-state index contributed by atoms with van der Waals surface area (Å²) in [7, 11) is 0. The van der Waals surface area contributed by atoms with Gasteiger partial charge in [-0.25, -0.2) is 0 Å². The maximum Gasteiger partial charge on any atom is 0.0448 e. The average Bonchev–Trinajstić information content (AvgIpc) is 2.89. The van der Waals surface area contributed by atoms with Crippen LogP contribution in [0.25, 0.3) is 0 Å². The molecule has 0 spiro atoms. The number of aromatic nitrogens is 1. The van der Waals surface area contributed by atoms with Crippen molar-refractivity contribution in [2.24, 2.45) is 0 Å². The summed E-state index contributed by atoms with van der Waals surface area (Å²) >= 11 is 0. The number of aryl methyl sites for hydroxylation is 1. The Balaban J connectivity index is 0.000000637. The van der Waals surface area contributed by atoms with Crippen molar-refractivity contribution in [2.75, 3.05) is 13.1 Å². The van der Waals surface area contributed by atoms with Gasteiger partial charge in [-0.3, -0.25) is 9.88 Å². The van der Waals surface area contributed by atoms with Crippen molar-refractivity contribution in [3.05, 3.63) is 29.1 Å². The van der Waals surface area contributed by atoms with Crippen LogP contribution in [0.4, 0.5) is 0 Å². The van der Waals surface area contributed by atoms with Crippen LogP contribution in [0, 0.1) is 6.92 Å². The van der Waals surface area contributed by atoms with Gasteiger partial charge in [0.05, 0.1) is 0 Å². The molecule has 1 fully saturated rings. The van der Waals surface area contributed by atoms with Crippen LogP contribution >= 0.6 is 0 Å². The second kappa shape index (κ2) is 7.04. The molecule has 0 unspecified atom stereocenters. The van der Waals surface area contributed by atoms with E-state index in [4.69, 9.17) is 0 Å². The van der Waals surface area contributed by atoms with Crippen molar-refractivity contribution >= 4 is 0 Å². The first-order valence-electron chi connectivity index (χ1n) is 8.01. The molecule has 0 saturated heterocycles. The van der Waals surface area contributed by atoms with Crippen molar-refractivity contribution < 1.29 is 0 Å². The number of pyridine rings is 1. The number of hydrogen-bond donors (Lipinski definition) is 0.